The lowest BCUT2D eigenvalue weighted by molar-refractivity contribution is -0.116. The molecule has 1 amide bonds. The minimum atomic E-state index is -0.395. The first kappa shape index (κ1) is 15.0. The molecule has 23 heavy (non-hydrogen) atoms. The van der Waals surface area contributed by atoms with Crippen molar-refractivity contribution in [3.05, 3.63) is 51.9 Å². The number of nitrogens with zero attached hydrogens (tertiary/aromatic N) is 3. The number of Topliss-reactive ketones (excluding diaryl/α,β-unsaturated/α-hetero) is 1. The van der Waals surface area contributed by atoms with Crippen LogP contribution in [0.4, 0.5) is 5.13 Å². The van der Waals surface area contributed by atoms with Crippen molar-refractivity contribution in [2.45, 2.75) is 13.5 Å². The van der Waals surface area contributed by atoms with Crippen molar-refractivity contribution in [1.29, 1.82) is 0 Å². The zero-order valence-corrected chi connectivity index (χ0v) is 13.0. The number of thiazole rings is 1. The van der Waals surface area contributed by atoms with Gasteiger partial charge in [0.25, 0.3) is 5.56 Å². The molecular formula is C15H12N4O3S. The fourth-order valence-corrected chi connectivity index (χ4v) is 2.84. The molecule has 116 valence electrons. The summed E-state index contributed by atoms with van der Waals surface area (Å²) in [4.78, 5) is 43.4. The van der Waals surface area contributed by atoms with Crippen LogP contribution in [0.25, 0.3) is 11.0 Å². The molecule has 0 saturated carbocycles. The summed E-state index contributed by atoms with van der Waals surface area (Å²) in [6.07, 6.45) is 1.19. The Hall–Kier alpha value is -2.87. The SMILES string of the molecule is CC(=O)c1csc(NC(=O)Cn2c(=O)cnc3ccccc32)n1. The Labute approximate surface area is 134 Å². The van der Waals surface area contributed by atoms with Crippen molar-refractivity contribution in [2.24, 2.45) is 0 Å². The molecule has 0 radical (unpaired) electrons. The number of carbonyl (C=O) groups is 2. The topological polar surface area (TPSA) is 94.0 Å². The highest BCUT2D eigenvalue weighted by molar-refractivity contribution is 7.14. The van der Waals surface area contributed by atoms with Crippen LogP contribution in [0.2, 0.25) is 0 Å². The van der Waals surface area contributed by atoms with Crippen molar-refractivity contribution in [1.82, 2.24) is 14.5 Å². The van der Waals surface area contributed by atoms with Crippen LogP contribution in [0.3, 0.4) is 0 Å². The van der Waals surface area contributed by atoms with Crippen molar-refractivity contribution >= 4 is 39.2 Å². The monoisotopic (exact) mass is 328 g/mol. The molecule has 8 heteroatoms. The quantitative estimate of drug-likeness (QED) is 0.736. The Bertz CT molecular complexity index is 961. The summed E-state index contributed by atoms with van der Waals surface area (Å²) < 4.78 is 1.34. The molecule has 0 aliphatic rings. The maximum Gasteiger partial charge on any atom is 0.269 e. The summed E-state index contributed by atoms with van der Waals surface area (Å²) in [5.74, 6) is -0.564. The predicted octanol–water partition coefficient (Wildman–Crippen LogP) is 1.69. The third kappa shape index (κ3) is 3.16. The number of aromatic nitrogens is 3. The molecule has 3 aromatic rings. The van der Waals surface area contributed by atoms with E-state index in [0.717, 1.165) is 11.3 Å². The van der Waals surface area contributed by atoms with Crippen molar-refractivity contribution in [3.63, 3.8) is 0 Å². The van der Waals surface area contributed by atoms with Gasteiger partial charge in [-0.3, -0.25) is 19.0 Å². The number of hydrogen-bond acceptors (Lipinski definition) is 6. The highest BCUT2D eigenvalue weighted by Gasteiger charge is 2.12. The van der Waals surface area contributed by atoms with Gasteiger partial charge in [-0.1, -0.05) is 12.1 Å². The van der Waals surface area contributed by atoms with Crippen LogP contribution in [0.5, 0.6) is 0 Å². The maximum absolute atomic E-state index is 12.1. The van der Waals surface area contributed by atoms with Gasteiger partial charge in [0.15, 0.2) is 10.9 Å². The van der Waals surface area contributed by atoms with E-state index in [9.17, 15) is 14.4 Å². The fraction of sp³-hybridized carbons (Fsp3) is 0.133. The summed E-state index contributed by atoms with van der Waals surface area (Å²) in [6.45, 7) is 1.25. The molecule has 2 heterocycles. The summed E-state index contributed by atoms with van der Waals surface area (Å²) in [7, 11) is 0. The molecule has 2 aromatic heterocycles. The van der Waals surface area contributed by atoms with E-state index in [1.54, 1.807) is 23.6 Å². The first-order valence-electron chi connectivity index (χ1n) is 6.75. The molecule has 1 N–H and O–H groups in total. The number of rotatable bonds is 4. The van der Waals surface area contributed by atoms with Gasteiger partial charge in [-0.25, -0.2) is 9.97 Å². The zero-order valence-electron chi connectivity index (χ0n) is 12.1. The number of amides is 1. The maximum atomic E-state index is 12.1. The lowest BCUT2D eigenvalue weighted by Gasteiger charge is -2.08. The van der Waals surface area contributed by atoms with E-state index >= 15 is 0 Å². The van der Waals surface area contributed by atoms with Gasteiger partial charge in [-0.15, -0.1) is 11.3 Å². The van der Waals surface area contributed by atoms with Crippen LogP contribution in [-0.2, 0) is 11.3 Å². The Kier molecular flexibility index (Phi) is 3.98. The summed E-state index contributed by atoms with van der Waals surface area (Å²) in [5.41, 5.74) is 1.16. The molecule has 0 unspecified atom stereocenters. The van der Waals surface area contributed by atoms with Crippen LogP contribution in [0, 0.1) is 0 Å². The lowest BCUT2D eigenvalue weighted by atomic mass is 10.3. The summed E-state index contributed by atoms with van der Waals surface area (Å²) in [6, 6.07) is 7.08. The molecule has 0 aliphatic carbocycles. The Morgan fingerprint density at radius 2 is 2.09 bits per heavy atom. The van der Waals surface area contributed by atoms with Crippen LogP contribution in [-0.4, -0.2) is 26.2 Å². The van der Waals surface area contributed by atoms with Gasteiger partial charge in [-0.05, 0) is 12.1 Å². The highest BCUT2D eigenvalue weighted by atomic mass is 32.1. The molecule has 0 fully saturated rings. The van der Waals surface area contributed by atoms with Gasteiger partial charge in [0.1, 0.15) is 12.2 Å². The Balaban J connectivity index is 1.84. The first-order valence-corrected chi connectivity index (χ1v) is 7.63. The van der Waals surface area contributed by atoms with Gasteiger partial charge in [0, 0.05) is 12.3 Å². The van der Waals surface area contributed by atoms with Gasteiger partial charge in [-0.2, -0.15) is 0 Å². The van der Waals surface area contributed by atoms with E-state index in [-0.39, 0.29) is 17.9 Å². The Morgan fingerprint density at radius 3 is 2.83 bits per heavy atom. The second-order valence-corrected chi connectivity index (χ2v) is 5.67. The molecule has 0 aliphatic heterocycles. The van der Waals surface area contributed by atoms with Crippen LogP contribution < -0.4 is 10.9 Å². The number of fused-ring (bicyclic) bond motifs is 1. The average molecular weight is 328 g/mol. The molecule has 0 bridgehead atoms. The average Bonchev–Trinajstić information content (AvgIpc) is 2.99. The molecule has 0 saturated heterocycles. The van der Waals surface area contributed by atoms with E-state index < -0.39 is 5.91 Å². The van der Waals surface area contributed by atoms with Crippen molar-refractivity contribution < 1.29 is 9.59 Å². The van der Waals surface area contributed by atoms with Gasteiger partial charge in [0.2, 0.25) is 5.91 Å². The second kappa shape index (κ2) is 6.09. The Morgan fingerprint density at radius 1 is 1.30 bits per heavy atom. The smallest absolute Gasteiger partial charge is 0.269 e. The molecule has 0 spiro atoms. The number of hydrogen-bond donors (Lipinski definition) is 1. The summed E-state index contributed by atoms with van der Waals surface area (Å²) in [5, 5.41) is 4.49. The first-order chi connectivity index (χ1) is 11.0. The number of anilines is 1. The zero-order chi connectivity index (χ0) is 16.4. The van der Waals surface area contributed by atoms with E-state index in [1.807, 2.05) is 6.07 Å². The third-order valence-electron chi connectivity index (χ3n) is 3.17. The molecule has 7 nitrogen and oxygen atoms in total. The normalized spacial score (nSPS) is 10.7. The van der Waals surface area contributed by atoms with E-state index in [2.05, 4.69) is 15.3 Å². The van der Waals surface area contributed by atoms with Crippen molar-refractivity contribution in [2.75, 3.05) is 5.32 Å². The number of nitrogens with one attached hydrogen (secondary N) is 1. The molecule has 3 rings (SSSR count). The van der Waals surface area contributed by atoms with Crippen LogP contribution >= 0.6 is 11.3 Å². The van der Waals surface area contributed by atoms with E-state index in [0.29, 0.717) is 21.9 Å². The minimum Gasteiger partial charge on any atom is -0.300 e. The largest absolute Gasteiger partial charge is 0.300 e. The number of carbonyl (C=O) groups excluding carboxylic acids is 2. The van der Waals surface area contributed by atoms with Crippen LogP contribution in [0.1, 0.15) is 17.4 Å². The summed E-state index contributed by atoms with van der Waals surface area (Å²) >= 11 is 1.16. The number of ketones is 1. The number of para-hydroxylation sites is 2. The second-order valence-electron chi connectivity index (χ2n) is 4.81. The van der Waals surface area contributed by atoms with Gasteiger partial charge in [0.05, 0.1) is 17.2 Å². The predicted molar refractivity (Wildman–Crippen MR) is 86.8 cm³/mol. The van der Waals surface area contributed by atoms with Crippen LogP contribution in [0.15, 0.2) is 40.6 Å². The van der Waals surface area contributed by atoms with Crippen molar-refractivity contribution in [3.8, 4) is 0 Å². The molecule has 0 atom stereocenters. The highest BCUT2D eigenvalue weighted by Crippen LogP contribution is 2.16. The third-order valence-corrected chi connectivity index (χ3v) is 3.92. The van der Waals surface area contributed by atoms with E-state index in [1.165, 1.54) is 17.7 Å². The lowest BCUT2D eigenvalue weighted by Crippen LogP contribution is -2.27. The van der Waals surface area contributed by atoms with E-state index in [4.69, 9.17) is 0 Å². The minimum absolute atomic E-state index is 0.156. The fourth-order valence-electron chi connectivity index (χ4n) is 2.07. The van der Waals surface area contributed by atoms with Gasteiger partial charge >= 0.3 is 0 Å². The number of benzene rings is 1. The van der Waals surface area contributed by atoms with Gasteiger partial charge < -0.3 is 5.32 Å². The standard InChI is InChI=1S/C15H12N4O3S/c1-9(20)11-8-23-15(17-11)18-13(21)7-19-12-5-3-2-4-10(12)16-6-14(19)22/h2-6,8H,7H2,1H3,(H,17,18,21). The molecular weight excluding hydrogens is 316 g/mol. The molecule has 1 aromatic carbocycles.